The van der Waals surface area contributed by atoms with E-state index in [9.17, 15) is 0 Å². The van der Waals surface area contributed by atoms with Gasteiger partial charge in [-0.15, -0.1) is 10.2 Å². The molecule has 1 fully saturated rings. The van der Waals surface area contributed by atoms with Gasteiger partial charge in [0.15, 0.2) is 5.82 Å². The van der Waals surface area contributed by atoms with E-state index in [1.807, 2.05) is 0 Å². The first-order valence-electron chi connectivity index (χ1n) is 5.14. The number of rotatable bonds is 3. The summed E-state index contributed by atoms with van der Waals surface area (Å²) in [4.78, 5) is 0. The van der Waals surface area contributed by atoms with E-state index in [4.69, 9.17) is 0 Å². The van der Waals surface area contributed by atoms with Crippen LogP contribution in [0.5, 0.6) is 0 Å². The first-order valence-corrected chi connectivity index (χ1v) is 5.14. The topological polar surface area (TPSA) is 66.5 Å². The molecule has 14 heavy (non-hydrogen) atoms. The van der Waals surface area contributed by atoms with Crippen LogP contribution in [0.15, 0.2) is 0 Å². The van der Waals surface area contributed by atoms with E-state index in [1.165, 1.54) is 19.3 Å². The molecule has 5 nitrogen and oxygen atoms in total. The van der Waals surface area contributed by atoms with Crippen LogP contribution in [0.4, 0.5) is 0 Å². The lowest BCUT2D eigenvalue weighted by Gasteiger charge is -2.27. The van der Waals surface area contributed by atoms with E-state index in [-0.39, 0.29) is 0 Å². The summed E-state index contributed by atoms with van der Waals surface area (Å²) < 4.78 is 0. The van der Waals surface area contributed by atoms with E-state index in [0.717, 1.165) is 5.82 Å². The number of hydrogen-bond donors (Lipinski definition) is 2. The molecule has 1 heterocycles. The minimum atomic E-state index is 0.406. The van der Waals surface area contributed by atoms with E-state index in [1.54, 1.807) is 0 Å². The second-order valence-corrected chi connectivity index (χ2v) is 4.64. The van der Waals surface area contributed by atoms with Gasteiger partial charge < -0.3 is 5.32 Å². The summed E-state index contributed by atoms with van der Waals surface area (Å²) in [6.07, 6.45) is 3.87. The molecule has 1 aliphatic carbocycles. The molecule has 0 saturated heterocycles. The van der Waals surface area contributed by atoms with Gasteiger partial charge in [-0.2, -0.15) is 5.21 Å². The molecule has 1 saturated carbocycles. The highest BCUT2D eigenvalue weighted by atomic mass is 15.5. The van der Waals surface area contributed by atoms with Gasteiger partial charge in [0, 0.05) is 6.04 Å². The van der Waals surface area contributed by atoms with E-state index in [0.29, 0.717) is 18.0 Å². The molecule has 0 bridgehead atoms. The monoisotopic (exact) mass is 195 g/mol. The van der Waals surface area contributed by atoms with Gasteiger partial charge in [-0.1, -0.05) is 25.5 Å². The smallest absolute Gasteiger partial charge is 0.188 e. The van der Waals surface area contributed by atoms with Crippen molar-refractivity contribution in [1.82, 2.24) is 25.9 Å². The summed E-state index contributed by atoms with van der Waals surface area (Å²) in [7, 11) is 0. The van der Waals surface area contributed by atoms with Crippen LogP contribution in [0.1, 0.15) is 38.9 Å². The number of aromatic amines is 1. The van der Waals surface area contributed by atoms with Crippen molar-refractivity contribution in [3.8, 4) is 0 Å². The molecule has 0 aromatic carbocycles. The Morgan fingerprint density at radius 2 is 2.43 bits per heavy atom. The molecule has 0 radical (unpaired) electrons. The molecule has 1 aromatic rings. The minimum absolute atomic E-state index is 0.406. The van der Waals surface area contributed by atoms with Crippen LogP contribution < -0.4 is 5.32 Å². The van der Waals surface area contributed by atoms with Crippen LogP contribution in [-0.4, -0.2) is 26.7 Å². The highest BCUT2D eigenvalue weighted by molar-refractivity contribution is 4.91. The maximum absolute atomic E-state index is 3.92. The highest BCUT2D eigenvalue weighted by Crippen LogP contribution is 2.37. The molecule has 1 atom stereocenters. The molecular weight excluding hydrogens is 178 g/mol. The molecule has 0 amide bonds. The Hall–Kier alpha value is -0.970. The molecule has 78 valence electrons. The van der Waals surface area contributed by atoms with Crippen molar-refractivity contribution >= 4 is 0 Å². The van der Waals surface area contributed by atoms with Crippen LogP contribution in [0, 0.1) is 5.41 Å². The summed E-state index contributed by atoms with van der Waals surface area (Å²) in [5.74, 6) is 0.743. The number of H-pyrrole nitrogens is 1. The third kappa shape index (κ3) is 1.92. The summed E-state index contributed by atoms with van der Waals surface area (Å²) in [6, 6.07) is 0.584. The Morgan fingerprint density at radius 3 is 3.00 bits per heavy atom. The van der Waals surface area contributed by atoms with E-state index < -0.39 is 0 Å². The third-order valence-corrected chi connectivity index (χ3v) is 3.15. The molecule has 2 rings (SSSR count). The largest absolute Gasteiger partial charge is 0.306 e. The molecule has 0 spiro atoms. The van der Waals surface area contributed by atoms with Crippen LogP contribution in [0.2, 0.25) is 0 Å². The van der Waals surface area contributed by atoms with Crippen LogP contribution in [0.25, 0.3) is 0 Å². The van der Waals surface area contributed by atoms with Crippen molar-refractivity contribution in [3.05, 3.63) is 5.82 Å². The lowest BCUT2D eigenvalue weighted by atomic mass is 9.87. The van der Waals surface area contributed by atoms with Crippen LogP contribution >= 0.6 is 0 Å². The molecule has 1 aromatic heterocycles. The van der Waals surface area contributed by atoms with E-state index in [2.05, 4.69) is 39.8 Å². The second-order valence-electron chi connectivity index (χ2n) is 4.64. The minimum Gasteiger partial charge on any atom is -0.306 e. The number of nitrogens with one attached hydrogen (secondary N) is 2. The Kier molecular flexibility index (Phi) is 2.50. The summed E-state index contributed by atoms with van der Waals surface area (Å²) in [5.41, 5.74) is 0.406. The Morgan fingerprint density at radius 1 is 1.57 bits per heavy atom. The lowest BCUT2D eigenvalue weighted by molar-refractivity contribution is 0.281. The van der Waals surface area contributed by atoms with Gasteiger partial charge in [0.2, 0.25) is 0 Å². The molecule has 0 aliphatic heterocycles. The maximum atomic E-state index is 3.92. The average molecular weight is 195 g/mol. The van der Waals surface area contributed by atoms with E-state index >= 15 is 0 Å². The van der Waals surface area contributed by atoms with Crippen LogP contribution in [0.3, 0.4) is 0 Å². The quantitative estimate of drug-likeness (QED) is 0.751. The van der Waals surface area contributed by atoms with Gasteiger partial charge in [0.25, 0.3) is 0 Å². The number of hydrogen-bond acceptors (Lipinski definition) is 4. The van der Waals surface area contributed by atoms with Gasteiger partial charge >= 0.3 is 0 Å². The fraction of sp³-hybridized carbons (Fsp3) is 0.889. The standard InChI is InChI=1S/C9H17N5/c1-9(2)5-3-4-7(9)10-6-8-11-13-14-12-8/h7,10H,3-6H2,1-2H3,(H,11,12,13,14). The average Bonchev–Trinajstić information content (AvgIpc) is 2.71. The maximum Gasteiger partial charge on any atom is 0.188 e. The van der Waals surface area contributed by atoms with Gasteiger partial charge in [-0.25, -0.2) is 0 Å². The summed E-state index contributed by atoms with van der Waals surface area (Å²) in [6.45, 7) is 5.34. The summed E-state index contributed by atoms with van der Waals surface area (Å²) in [5, 5.41) is 17.3. The second kappa shape index (κ2) is 3.65. The first-order chi connectivity index (χ1) is 6.68. The Balaban J connectivity index is 1.86. The van der Waals surface area contributed by atoms with Crippen molar-refractivity contribution in [1.29, 1.82) is 0 Å². The number of nitrogens with zero attached hydrogens (tertiary/aromatic N) is 3. The van der Waals surface area contributed by atoms with Crippen molar-refractivity contribution in [2.45, 2.75) is 45.7 Å². The highest BCUT2D eigenvalue weighted by Gasteiger charge is 2.33. The van der Waals surface area contributed by atoms with Gasteiger partial charge in [-0.3, -0.25) is 0 Å². The first kappa shape index (κ1) is 9.58. The van der Waals surface area contributed by atoms with Gasteiger partial charge in [0.05, 0.1) is 6.54 Å². The zero-order chi connectivity index (χ0) is 10.0. The zero-order valence-corrected chi connectivity index (χ0v) is 8.75. The number of tetrazole rings is 1. The molecule has 1 aliphatic rings. The fourth-order valence-corrected chi connectivity index (χ4v) is 2.18. The Labute approximate surface area is 83.7 Å². The lowest BCUT2D eigenvalue weighted by Crippen LogP contribution is -2.37. The van der Waals surface area contributed by atoms with Crippen LogP contribution in [-0.2, 0) is 6.54 Å². The molecule has 2 N–H and O–H groups in total. The fourth-order valence-electron chi connectivity index (χ4n) is 2.18. The molecular formula is C9H17N5. The number of aromatic nitrogens is 4. The van der Waals surface area contributed by atoms with Crippen molar-refractivity contribution in [3.63, 3.8) is 0 Å². The molecule has 1 unspecified atom stereocenters. The predicted octanol–water partition coefficient (Wildman–Crippen LogP) is 0.868. The van der Waals surface area contributed by atoms with Crippen molar-refractivity contribution < 1.29 is 0 Å². The van der Waals surface area contributed by atoms with Gasteiger partial charge in [0.1, 0.15) is 0 Å². The predicted molar refractivity (Wildman–Crippen MR) is 52.4 cm³/mol. The third-order valence-electron chi connectivity index (χ3n) is 3.15. The normalized spacial score (nSPS) is 25.4. The SMILES string of the molecule is CC1(C)CCCC1NCc1nn[nH]n1. The Bertz CT molecular complexity index is 279. The zero-order valence-electron chi connectivity index (χ0n) is 8.75. The summed E-state index contributed by atoms with van der Waals surface area (Å²) >= 11 is 0. The molecule has 5 heteroatoms. The van der Waals surface area contributed by atoms with Gasteiger partial charge in [-0.05, 0) is 18.3 Å². The van der Waals surface area contributed by atoms with Crippen molar-refractivity contribution in [2.75, 3.05) is 0 Å². The van der Waals surface area contributed by atoms with Crippen molar-refractivity contribution in [2.24, 2.45) is 5.41 Å².